The number of rotatable bonds is 6. The van der Waals surface area contributed by atoms with E-state index in [0.29, 0.717) is 22.8 Å². The zero-order valence-electron chi connectivity index (χ0n) is 11.7. The molecule has 0 aromatic carbocycles. The molecule has 2 rings (SSSR count). The first-order chi connectivity index (χ1) is 8.95. The van der Waals surface area contributed by atoms with Crippen LogP contribution in [0.1, 0.15) is 30.7 Å². The SMILES string of the molecule is CNCCn1nc(C)c(S(=O)(=O)NC2CCC2)c1C. The van der Waals surface area contributed by atoms with Gasteiger partial charge in [-0.05, 0) is 33.7 Å². The summed E-state index contributed by atoms with van der Waals surface area (Å²) < 4.78 is 29.3. The van der Waals surface area contributed by atoms with Crippen molar-refractivity contribution >= 4 is 10.0 Å². The lowest BCUT2D eigenvalue weighted by Gasteiger charge is -2.26. The van der Waals surface area contributed by atoms with Crippen molar-refractivity contribution < 1.29 is 8.42 Å². The lowest BCUT2D eigenvalue weighted by atomic mass is 9.94. The molecule has 1 aliphatic rings. The largest absolute Gasteiger partial charge is 0.318 e. The van der Waals surface area contributed by atoms with E-state index in [9.17, 15) is 8.42 Å². The fourth-order valence-corrected chi connectivity index (χ4v) is 4.03. The van der Waals surface area contributed by atoms with E-state index < -0.39 is 10.0 Å². The second-order valence-corrected chi connectivity index (χ2v) is 6.73. The molecule has 1 fully saturated rings. The minimum absolute atomic E-state index is 0.101. The van der Waals surface area contributed by atoms with Crippen LogP contribution in [0.15, 0.2) is 4.90 Å². The average molecular weight is 286 g/mol. The number of nitrogens with one attached hydrogen (secondary N) is 2. The number of nitrogens with zero attached hydrogens (tertiary/aromatic N) is 2. The molecule has 0 spiro atoms. The molecular weight excluding hydrogens is 264 g/mol. The van der Waals surface area contributed by atoms with Crippen LogP contribution in [-0.4, -0.2) is 37.8 Å². The Kier molecular flexibility index (Phi) is 4.27. The van der Waals surface area contributed by atoms with Crippen molar-refractivity contribution in [3.05, 3.63) is 11.4 Å². The van der Waals surface area contributed by atoms with Gasteiger partial charge in [0.25, 0.3) is 0 Å². The van der Waals surface area contributed by atoms with Crippen molar-refractivity contribution in [1.82, 2.24) is 19.8 Å². The van der Waals surface area contributed by atoms with Gasteiger partial charge < -0.3 is 5.32 Å². The first-order valence-electron chi connectivity index (χ1n) is 6.66. The van der Waals surface area contributed by atoms with Gasteiger partial charge in [-0.25, -0.2) is 13.1 Å². The summed E-state index contributed by atoms with van der Waals surface area (Å²) in [6, 6.07) is 0.101. The van der Waals surface area contributed by atoms with Gasteiger partial charge in [0.1, 0.15) is 4.90 Å². The highest BCUT2D eigenvalue weighted by Crippen LogP contribution is 2.24. The smallest absolute Gasteiger partial charge is 0.244 e. The summed E-state index contributed by atoms with van der Waals surface area (Å²) in [5, 5.41) is 7.36. The van der Waals surface area contributed by atoms with Gasteiger partial charge in [-0.1, -0.05) is 6.42 Å². The van der Waals surface area contributed by atoms with Crippen molar-refractivity contribution in [1.29, 1.82) is 0 Å². The van der Waals surface area contributed by atoms with Crippen molar-refractivity contribution in [2.75, 3.05) is 13.6 Å². The first-order valence-corrected chi connectivity index (χ1v) is 8.15. The molecule has 2 N–H and O–H groups in total. The molecule has 0 radical (unpaired) electrons. The maximum Gasteiger partial charge on any atom is 0.244 e. The first kappa shape index (κ1) is 14.5. The lowest BCUT2D eigenvalue weighted by molar-refractivity contribution is 0.383. The summed E-state index contributed by atoms with van der Waals surface area (Å²) in [4.78, 5) is 0.343. The number of likely N-dealkylation sites (N-methyl/N-ethyl adjacent to an activating group) is 1. The monoisotopic (exact) mass is 286 g/mol. The summed E-state index contributed by atoms with van der Waals surface area (Å²) in [5.41, 5.74) is 1.28. The number of hydrogen-bond acceptors (Lipinski definition) is 4. The Bertz CT molecular complexity index is 546. The van der Waals surface area contributed by atoms with Crippen molar-refractivity contribution in [2.24, 2.45) is 0 Å². The van der Waals surface area contributed by atoms with E-state index in [1.807, 2.05) is 14.0 Å². The molecule has 1 aliphatic carbocycles. The summed E-state index contributed by atoms with van der Waals surface area (Å²) in [5.74, 6) is 0. The molecule has 0 amide bonds. The third-order valence-corrected chi connectivity index (χ3v) is 5.36. The van der Waals surface area contributed by atoms with Gasteiger partial charge in [0.05, 0.1) is 17.9 Å². The maximum absolute atomic E-state index is 12.4. The maximum atomic E-state index is 12.4. The molecule has 108 valence electrons. The average Bonchev–Trinajstić information content (AvgIpc) is 2.57. The molecule has 7 heteroatoms. The number of aromatic nitrogens is 2. The molecule has 1 heterocycles. The van der Waals surface area contributed by atoms with E-state index in [2.05, 4.69) is 15.1 Å². The van der Waals surface area contributed by atoms with E-state index >= 15 is 0 Å². The predicted molar refractivity (Wildman–Crippen MR) is 73.6 cm³/mol. The Labute approximate surface area is 114 Å². The Morgan fingerprint density at radius 2 is 2.05 bits per heavy atom. The van der Waals surface area contributed by atoms with E-state index in [-0.39, 0.29) is 6.04 Å². The normalized spacial score (nSPS) is 16.6. The van der Waals surface area contributed by atoms with E-state index in [1.165, 1.54) is 0 Å². The van der Waals surface area contributed by atoms with Gasteiger partial charge in [-0.15, -0.1) is 0 Å². The van der Waals surface area contributed by atoms with Crippen LogP contribution < -0.4 is 10.0 Å². The predicted octanol–water partition coefficient (Wildman–Crippen LogP) is 0.550. The topological polar surface area (TPSA) is 76.0 Å². The Morgan fingerprint density at radius 1 is 1.37 bits per heavy atom. The Morgan fingerprint density at radius 3 is 2.58 bits per heavy atom. The fourth-order valence-electron chi connectivity index (χ4n) is 2.31. The van der Waals surface area contributed by atoms with Crippen LogP contribution in [0.2, 0.25) is 0 Å². The van der Waals surface area contributed by atoms with Crippen LogP contribution >= 0.6 is 0 Å². The van der Waals surface area contributed by atoms with Gasteiger partial charge in [0.15, 0.2) is 0 Å². The van der Waals surface area contributed by atoms with Crippen molar-refractivity contribution in [3.8, 4) is 0 Å². The van der Waals surface area contributed by atoms with Crippen LogP contribution in [0, 0.1) is 13.8 Å². The van der Waals surface area contributed by atoms with E-state index in [4.69, 9.17) is 0 Å². The van der Waals surface area contributed by atoms with Gasteiger partial charge in [-0.3, -0.25) is 4.68 Å². The third-order valence-electron chi connectivity index (χ3n) is 3.58. The molecule has 0 atom stereocenters. The summed E-state index contributed by atoms with van der Waals surface area (Å²) in [6.07, 6.45) is 2.98. The van der Waals surface area contributed by atoms with Gasteiger partial charge in [-0.2, -0.15) is 5.10 Å². The van der Waals surface area contributed by atoms with Crippen molar-refractivity contribution in [2.45, 2.75) is 50.6 Å². The van der Waals surface area contributed by atoms with Crippen LogP contribution in [0.5, 0.6) is 0 Å². The number of hydrogen-bond donors (Lipinski definition) is 2. The summed E-state index contributed by atoms with van der Waals surface area (Å²) in [7, 11) is -1.58. The van der Waals surface area contributed by atoms with Gasteiger partial charge in [0.2, 0.25) is 10.0 Å². The lowest BCUT2D eigenvalue weighted by Crippen LogP contribution is -2.39. The highest BCUT2D eigenvalue weighted by Gasteiger charge is 2.29. The molecule has 0 bridgehead atoms. The van der Waals surface area contributed by atoms with Crippen LogP contribution in [-0.2, 0) is 16.6 Å². The van der Waals surface area contributed by atoms with E-state index in [0.717, 1.165) is 25.8 Å². The van der Waals surface area contributed by atoms with Crippen LogP contribution in [0.25, 0.3) is 0 Å². The fraction of sp³-hybridized carbons (Fsp3) is 0.750. The highest BCUT2D eigenvalue weighted by atomic mass is 32.2. The minimum Gasteiger partial charge on any atom is -0.318 e. The molecule has 19 heavy (non-hydrogen) atoms. The quantitative estimate of drug-likeness (QED) is 0.801. The molecule has 1 aromatic rings. The number of sulfonamides is 1. The second-order valence-electron chi connectivity index (χ2n) is 5.08. The van der Waals surface area contributed by atoms with Gasteiger partial charge >= 0.3 is 0 Å². The highest BCUT2D eigenvalue weighted by molar-refractivity contribution is 7.89. The molecule has 1 aromatic heterocycles. The molecule has 1 saturated carbocycles. The zero-order valence-corrected chi connectivity index (χ0v) is 12.5. The summed E-state index contributed by atoms with van der Waals surface area (Å²) in [6.45, 7) is 4.99. The summed E-state index contributed by atoms with van der Waals surface area (Å²) >= 11 is 0. The Balaban J connectivity index is 2.25. The van der Waals surface area contributed by atoms with Crippen LogP contribution in [0.3, 0.4) is 0 Å². The second kappa shape index (κ2) is 5.60. The standard InChI is InChI=1S/C12H22N4O2S/c1-9-12(10(2)16(14-9)8-7-13-3)19(17,18)15-11-5-4-6-11/h11,13,15H,4-8H2,1-3H3. The molecule has 0 saturated heterocycles. The van der Waals surface area contributed by atoms with E-state index in [1.54, 1.807) is 11.6 Å². The van der Waals surface area contributed by atoms with Gasteiger partial charge in [0, 0.05) is 12.6 Å². The van der Waals surface area contributed by atoms with Crippen LogP contribution in [0.4, 0.5) is 0 Å². The zero-order chi connectivity index (χ0) is 14.0. The molecule has 0 unspecified atom stereocenters. The van der Waals surface area contributed by atoms with Crippen molar-refractivity contribution in [3.63, 3.8) is 0 Å². The third kappa shape index (κ3) is 2.98. The Hall–Kier alpha value is -0.920. The minimum atomic E-state index is -3.44. The number of aryl methyl sites for hydroxylation is 1. The molecular formula is C12H22N4O2S. The molecule has 6 nitrogen and oxygen atoms in total. The molecule has 0 aliphatic heterocycles.